The van der Waals surface area contributed by atoms with Gasteiger partial charge in [-0.05, 0) is 47.5 Å². The van der Waals surface area contributed by atoms with Crippen LogP contribution in [0.15, 0.2) is 66.9 Å². The second-order valence-corrected chi connectivity index (χ2v) is 8.32. The fraction of sp³-hybridized carbons (Fsp3) is 0.231. The number of aromatic nitrogens is 3. The van der Waals surface area contributed by atoms with Crippen molar-refractivity contribution in [2.75, 3.05) is 18.4 Å². The van der Waals surface area contributed by atoms with Gasteiger partial charge in [-0.25, -0.2) is 4.52 Å². The number of hydrogen-bond donors (Lipinski definition) is 1. The van der Waals surface area contributed by atoms with Gasteiger partial charge in [0.2, 0.25) is 5.95 Å². The third-order valence-electron chi connectivity index (χ3n) is 5.96. The van der Waals surface area contributed by atoms with Crippen LogP contribution in [0.1, 0.15) is 29.3 Å². The van der Waals surface area contributed by atoms with Gasteiger partial charge < -0.3 is 5.32 Å². The second kappa shape index (κ2) is 8.85. The van der Waals surface area contributed by atoms with E-state index >= 15 is 0 Å². The number of carbonyl (C=O) groups is 1. The lowest BCUT2D eigenvalue weighted by atomic mass is 10.00. The quantitative estimate of drug-likeness (QED) is 0.423. The molecule has 0 amide bonds. The highest BCUT2D eigenvalue weighted by atomic mass is 16.1. The average molecular weight is 437 g/mol. The summed E-state index contributed by atoms with van der Waals surface area (Å²) in [6, 6.07) is 22.2. The number of fused-ring (bicyclic) bond motifs is 1. The summed E-state index contributed by atoms with van der Waals surface area (Å²) in [5.41, 5.74) is 5.61. The molecule has 1 saturated heterocycles. The molecule has 0 atom stereocenters. The maximum Gasteiger partial charge on any atom is 0.247 e. The number of nitrogens with one attached hydrogen (secondary N) is 1. The molecule has 33 heavy (non-hydrogen) atoms. The molecule has 1 fully saturated rings. The van der Waals surface area contributed by atoms with E-state index in [0.29, 0.717) is 17.9 Å². The van der Waals surface area contributed by atoms with Gasteiger partial charge in [-0.15, -0.1) is 5.10 Å². The molecule has 0 spiro atoms. The molecular formula is C26H24N6O. The van der Waals surface area contributed by atoms with E-state index in [1.165, 1.54) is 5.56 Å². The fourth-order valence-corrected chi connectivity index (χ4v) is 4.09. The van der Waals surface area contributed by atoms with E-state index in [9.17, 15) is 4.79 Å². The van der Waals surface area contributed by atoms with Gasteiger partial charge >= 0.3 is 0 Å². The molecule has 1 N–H and O–H groups in total. The summed E-state index contributed by atoms with van der Waals surface area (Å²) in [4.78, 5) is 18.8. The van der Waals surface area contributed by atoms with Gasteiger partial charge in [0.15, 0.2) is 11.4 Å². The molecule has 2 aromatic heterocycles. The van der Waals surface area contributed by atoms with Gasteiger partial charge in [-0.3, -0.25) is 9.69 Å². The van der Waals surface area contributed by atoms with Gasteiger partial charge in [0, 0.05) is 49.1 Å². The minimum atomic E-state index is 0.124. The molecule has 0 radical (unpaired) electrons. The van der Waals surface area contributed by atoms with Crippen molar-refractivity contribution in [3.05, 3.63) is 78.0 Å². The topological polar surface area (TPSA) is 86.3 Å². The third kappa shape index (κ3) is 4.34. The minimum absolute atomic E-state index is 0.124. The van der Waals surface area contributed by atoms with Crippen molar-refractivity contribution in [2.45, 2.75) is 19.9 Å². The molecular weight excluding hydrogens is 412 g/mol. The van der Waals surface area contributed by atoms with Crippen molar-refractivity contribution in [1.29, 1.82) is 5.26 Å². The van der Waals surface area contributed by atoms with Crippen LogP contribution >= 0.6 is 0 Å². The normalized spacial score (nSPS) is 14.1. The molecule has 0 bridgehead atoms. The number of anilines is 2. The first-order valence-corrected chi connectivity index (χ1v) is 11.1. The molecule has 7 heteroatoms. The number of rotatable bonds is 7. The Labute approximate surface area is 192 Å². The lowest BCUT2D eigenvalue weighted by Crippen LogP contribution is -2.45. The maximum absolute atomic E-state index is 11.8. The number of pyridine rings is 1. The standard InChI is InChI=1S/C26H24N6O/c1-2-24(33)21-9-11-22(12-10-21)28-26-29-25-23(4-3-13-32(25)30-26)20-7-5-18(6-8-20)15-31-16-19(14-27)17-31/h3-13,19H,2,15-17H2,1H3,(H,28,30). The first kappa shape index (κ1) is 20.9. The number of nitrogens with zero attached hydrogens (tertiary/aromatic N) is 5. The lowest BCUT2D eigenvalue weighted by molar-refractivity contribution is 0.0988. The Morgan fingerprint density at radius 2 is 1.88 bits per heavy atom. The van der Waals surface area contributed by atoms with Crippen molar-refractivity contribution < 1.29 is 4.79 Å². The zero-order valence-electron chi connectivity index (χ0n) is 18.4. The predicted molar refractivity (Wildman–Crippen MR) is 127 cm³/mol. The molecule has 3 heterocycles. The number of nitriles is 1. The highest BCUT2D eigenvalue weighted by Gasteiger charge is 2.25. The Balaban J connectivity index is 1.33. The van der Waals surface area contributed by atoms with Crippen LogP contribution in [0.4, 0.5) is 11.6 Å². The number of Topliss-reactive ketones (excluding diaryl/α,β-unsaturated/α-hetero) is 1. The number of carbonyl (C=O) groups excluding carboxylic acids is 1. The van der Waals surface area contributed by atoms with Crippen LogP contribution in [-0.4, -0.2) is 38.4 Å². The SMILES string of the molecule is CCC(=O)c1ccc(Nc2nc3c(-c4ccc(CN5CC(C#N)C5)cc4)cccn3n2)cc1. The Morgan fingerprint density at radius 3 is 2.58 bits per heavy atom. The van der Waals surface area contributed by atoms with Crippen LogP contribution in [0, 0.1) is 17.2 Å². The van der Waals surface area contributed by atoms with Crippen molar-refractivity contribution in [2.24, 2.45) is 5.92 Å². The molecule has 0 unspecified atom stereocenters. The molecule has 0 aliphatic carbocycles. The Morgan fingerprint density at radius 1 is 1.12 bits per heavy atom. The third-order valence-corrected chi connectivity index (χ3v) is 5.96. The van der Waals surface area contributed by atoms with Gasteiger partial charge in [-0.2, -0.15) is 10.2 Å². The summed E-state index contributed by atoms with van der Waals surface area (Å²) in [5.74, 6) is 0.798. The molecule has 1 aliphatic heterocycles. The first-order chi connectivity index (χ1) is 16.1. The summed E-state index contributed by atoms with van der Waals surface area (Å²) in [6.45, 7) is 4.43. The number of ketones is 1. The van der Waals surface area contributed by atoms with E-state index in [4.69, 9.17) is 10.2 Å². The van der Waals surface area contributed by atoms with Crippen LogP contribution in [0.25, 0.3) is 16.8 Å². The van der Waals surface area contributed by atoms with Crippen LogP contribution in [0.3, 0.4) is 0 Å². The van der Waals surface area contributed by atoms with Gasteiger partial charge in [0.25, 0.3) is 0 Å². The van der Waals surface area contributed by atoms with Crippen molar-refractivity contribution in [1.82, 2.24) is 19.5 Å². The van der Waals surface area contributed by atoms with Crippen LogP contribution < -0.4 is 5.32 Å². The van der Waals surface area contributed by atoms with E-state index in [0.717, 1.165) is 42.1 Å². The molecule has 1 aliphatic rings. The zero-order chi connectivity index (χ0) is 22.8. The van der Waals surface area contributed by atoms with Gasteiger partial charge in [0.1, 0.15) is 0 Å². The maximum atomic E-state index is 11.8. The summed E-state index contributed by atoms with van der Waals surface area (Å²) < 4.78 is 1.77. The molecule has 0 saturated carbocycles. The van der Waals surface area contributed by atoms with Crippen molar-refractivity contribution in [3.63, 3.8) is 0 Å². The summed E-state index contributed by atoms with van der Waals surface area (Å²) in [5, 5.41) is 16.7. The molecule has 164 valence electrons. The molecule has 2 aromatic carbocycles. The summed E-state index contributed by atoms with van der Waals surface area (Å²) >= 11 is 0. The van der Waals surface area contributed by atoms with Crippen LogP contribution in [-0.2, 0) is 6.54 Å². The smallest absolute Gasteiger partial charge is 0.247 e. The Kier molecular flexibility index (Phi) is 5.59. The number of benzene rings is 2. The second-order valence-electron chi connectivity index (χ2n) is 8.32. The summed E-state index contributed by atoms with van der Waals surface area (Å²) in [7, 11) is 0. The minimum Gasteiger partial charge on any atom is -0.323 e. The Hall–Kier alpha value is -4.02. The van der Waals surface area contributed by atoms with Crippen LogP contribution in [0.2, 0.25) is 0 Å². The highest BCUT2D eigenvalue weighted by Crippen LogP contribution is 2.26. The van der Waals surface area contributed by atoms with E-state index in [-0.39, 0.29) is 11.7 Å². The Bertz CT molecular complexity index is 1330. The summed E-state index contributed by atoms with van der Waals surface area (Å²) in [6.07, 6.45) is 2.37. The highest BCUT2D eigenvalue weighted by molar-refractivity contribution is 5.96. The largest absolute Gasteiger partial charge is 0.323 e. The fourth-order valence-electron chi connectivity index (χ4n) is 4.09. The van der Waals surface area contributed by atoms with Gasteiger partial charge in [0.05, 0.1) is 12.0 Å². The average Bonchev–Trinajstić information content (AvgIpc) is 3.24. The number of hydrogen-bond acceptors (Lipinski definition) is 6. The van der Waals surface area contributed by atoms with Crippen molar-refractivity contribution >= 4 is 23.1 Å². The van der Waals surface area contributed by atoms with Crippen molar-refractivity contribution in [3.8, 4) is 17.2 Å². The molecule has 4 aromatic rings. The van der Waals surface area contributed by atoms with Crippen LogP contribution in [0.5, 0.6) is 0 Å². The first-order valence-electron chi connectivity index (χ1n) is 11.1. The van der Waals surface area contributed by atoms with E-state index in [1.54, 1.807) is 4.52 Å². The predicted octanol–water partition coefficient (Wildman–Crippen LogP) is 4.69. The van der Waals surface area contributed by atoms with E-state index < -0.39 is 0 Å². The number of likely N-dealkylation sites (tertiary alicyclic amines) is 1. The van der Waals surface area contributed by atoms with E-state index in [1.807, 2.05) is 49.5 Å². The van der Waals surface area contributed by atoms with E-state index in [2.05, 4.69) is 45.7 Å². The molecule has 5 rings (SSSR count). The zero-order valence-corrected chi connectivity index (χ0v) is 18.4. The molecule has 7 nitrogen and oxygen atoms in total. The lowest BCUT2D eigenvalue weighted by Gasteiger charge is -2.35. The monoisotopic (exact) mass is 436 g/mol. The van der Waals surface area contributed by atoms with Gasteiger partial charge in [-0.1, -0.05) is 31.2 Å².